The molecule has 0 spiro atoms. The number of fused-ring (bicyclic) bond motifs is 1. The van der Waals surface area contributed by atoms with Crippen LogP contribution in [0.2, 0.25) is 5.02 Å². The van der Waals surface area contributed by atoms with Crippen LogP contribution in [0.4, 0.5) is 5.69 Å². The molecular weight excluding hydrogens is 288 g/mol. The number of nitrogen functional groups attached to an aromatic ring is 1. The smallest absolute Gasteiger partial charge is 0.0702 e. The highest BCUT2D eigenvalue weighted by Crippen LogP contribution is 2.31. The first-order chi connectivity index (χ1) is 9.72. The van der Waals surface area contributed by atoms with Crippen LogP contribution in [0.5, 0.6) is 0 Å². The van der Waals surface area contributed by atoms with E-state index in [-0.39, 0.29) is 0 Å². The van der Waals surface area contributed by atoms with Crippen LogP contribution >= 0.6 is 23.4 Å². The zero-order valence-electron chi connectivity index (χ0n) is 10.7. The Morgan fingerprint density at radius 2 is 2.00 bits per heavy atom. The van der Waals surface area contributed by atoms with Gasteiger partial charge in [0, 0.05) is 27.9 Å². The number of nitrogens with two attached hydrogens (primary N) is 1. The summed E-state index contributed by atoms with van der Waals surface area (Å²) in [6.07, 6.45) is 1.81. The summed E-state index contributed by atoms with van der Waals surface area (Å²) in [6.45, 7) is 0. The van der Waals surface area contributed by atoms with Crippen molar-refractivity contribution in [3.63, 3.8) is 0 Å². The van der Waals surface area contributed by atoms with E-state index in [1.165, 1.54) is 5.56 Å². The predicted molar refractivity (Wildman–Crippen MR) is 87.2 cm³/mol. The first-order valence-electron chi connectivity index (χ1n) is 6.24. The summed E-state index contributed by atoms with van der Waals surface area (Å²) < 4.78 is 0. The van der Waals surface area contributed by atoms with Gasteiger partial charge < -0.3 is 5.73 Å². The maximum atomic E-state index is 6.17. The van der Waals surface area contributed by atoms with Crippen molar-refractivity contribution in [2.45, 2.75) is 10.6 Å². The summed E-state index contributed by atoms with van der Waals surface area (Å²) in [5, 5.41) is 1.90. The average molecular weight is 301 g/mol. The third kappa shape index (κ3) is 2.89. The van der Waals surface area contributed by atoms with Crippen molar-refractivity contribution < 1.29 is 0 Å². The van der Waals surface area contributed by atoms with Crippen LogP contribution in [0.25, 0.3) is 10.9 Å². The van der Waals surface area contributed by atoms with Gasteiger partial charge in [0.15, 0.2) is 0 Å². The van der Waals surface area contributed by atoms with Gasteiger partial charge in [-0.05, 0) is 42.0 Å². The molecule has 2 aromatic carbocycles. The first-order valence-corrected chi connectivity index (χ1v) is 7.60. The van der Waals surface area contributed by atoms with Gasteiger partial charge in [-0.2, -0.15) is 0 Å². The van der Waals surface area contributed by atoms with Gasteiger partial charge >= 0.3 is 0 Å². The lowest BCUT2D eigenvalue weighted by molar-refractivity contribution is 1.37. The number of anilines is 1. The highest BCUT2D eigenvalue weighted by Gasteiger charge is 2.03. The molecule has 0 unspecified atom stereocenters. The number of nitrogens with zero attached hydrogens (tertiary/aromatic N) is 1. The molecular formula is C16H13ClN2S. The molecule has 1 aromatic heterocycles. The summed E-state index contributed by atoms with van der Waals surface area (Å²) in [4.78, 5) is 5.33. The number of benzene rings is 2. The highest BCUT2D eigenvalue weighted by atomic mass is 35.5. The summed E-state index contributed by atoms with van der Waals surface area (Å²) in [7, 11) is 0. The molecule has 0 aliphatic rings. The van der Waals surface area contributed by atoms with E-state index < -0.39 is 0 Å². The molecule has 2 N–H and O–H groups in total. The van der Waals surface area contributed by atoms with E-state index in [9.17, 15) is 0 Å². The molecule has 4 heteroatoms. The van der Waals surface area contributed by atoms with Gasteiger partial charge in [-0.3, -0.25) is 4.98 Å². The zero-order valence-corrected chi connectivity index (χ0v) is 12.3. The number of hydrogen-bond acceptors (Lipinski definition) is 3. The van der Waals surface area contributed by atoms with Gasteiger partial charge in [0.05, 0.1) is 10.5 Å². The number of aromatic nitrogens is 1. The fourth-order valence-corrected chi connectivity index (χ4v) is 3.21. The number of hydrogen-bond donors (Lipinski definition) is 1. The average Bonchev–Trinajstić information content (AvgIpc) is 2.48. The Labute approximate surface area is 127 Å². The normalized spacial score (nSPS) is 10.8. The van der Waals surface area contributed by atoms with Crippen LogP contribution in [0, 0.1) is 0 Å². The quantitative estimate of drug-likeness (QED) is 0.560. The molecule has 3 rings (SSSR count). The summed E-state index contributed by atoms with van der Waals surface area (Å²) in [5.74, 6) is 0.855. The first kappa shape index (κ1) is 13.3. The molecule has 3 aromatic rings. The molecule has 0 bridgehead atoms. The lowest BCUT2D eigenvalue weighted by Crippen LogP contribution is -1.87. The third-order valence-corrected chi connectivity index (χ3v) is 4.59. The van der Waals surface area contributed by atoms with Gasteiger partial charge in [-0.25, -0.2) is 0 Å². The van der Waals surface area contributed by atoms with Crippen LogP contribution in [-0.2, 0) is 5.75 Å². The number of halogens is 1. The largest absolute Gasteiger partial charge is 0.399 e. The van der Waals surface area contributed by atoms with E-state index in [0.29, 0.717) is 0 Å². The summed E-state index contributed by atoms with van der Waals surface area (Å²) in [5.41, 5.74) is 8.79. The van der Waals surface area contributed by atoms with Gasteiger partial charge in [-0.1, -0.05) is 23.7 Å². The van der Waals surface area contributed by atoms with Crippen molar-refractivity contribution in [3.8, 4) is 0 Å². The van der Waals surface area contributed by atoms with Crippen molar-refractivity contribution in [1.82, 2.24) is 4.98 Å². The second-order valence-electron chi connectivity index (χ2n) is 4.51. The Morgan fingerprint density at radius 1 is 1.10 bits per heavy atom. The molecule has 20 heavy (non-hydrogen) atoms. The zero-order chi connectivity index (χ0) is 13.9. The molecule has 0 saturated heterocycles. The van der Waals surface area contributed by atoms with Gasteiger partial charge in [0.25, 0.3) is 0 Å². The minimum Gasteiger partial charge on any atom is -0.399 e. The van der Waals surface area contributed by atoms with Crippen molar-refractivity contribution in [2.75, 3.05) is 5.73 Å². The van der Waals surface area contributed by atoms with Crippen molar-refractivity contribution >= 4 is 40.0 Å². The molecule has 0 atom stereocenters. The molecule has 1 heterocycles. The van der Waals surface area contributed by atoms with E-state index >= 15 is 0 Å². The summed E-state index contributed by atoms with van der Waals surface area (Å²) >= 11 is 7.86. The van der Waals surface area contributed by atoms with E-state index in [2.05, 4.69) is 23.2 Å². The van der Waals surface area contributed by atoms with Crippen molar-refractivity contribution in [2.24, 2.45) is 0 Å². The molecule has 0 amide bonds. The molecule has 0 aliphatic carbocycles. The lowest BCUT2D eigenvalue weighted by Gasteiger charge is -2.06. The lowest BCUT2D eigenvalue weighted by atomic mass is 10.1. The Kier molecular flexibility index (Phi) is 3.81. The Hall–Kier alpha value is -1.71. The minimum absolute atomic E-state index is 0.736. The Morgan fingerprint density at radius 3 is 2.90 bits per heavy atom. The Balaban J connectivity index is 1.81. The van der Waals surface area contributed by atoms with Crippen molar-refractivity contribution in [3.05, 3.63) is 65.3 Å². The standard InChI is InChI=1S/C16H13ClN2S/c17-14-5-4-13(18)9-16(14)20-10-11-3-6-15-12(8-11)2-1-7-19-15/h1-9H,10,18H2. The molecule has 0 aliphatic heterocycles. The molecule has 0 radical (unpaired) electrons. The van der Waals surface area contributed by atoms with Crippen molar-refractivity contribution in [1.29, 1.82) is 0 Å². The second-order valence-corrected chi connectivity index (χ2v) is 5.93. The second kappa shape index (κ2) is 5.73. The molecule has 0 saturated carbocycles. The van der Waals surface area contributed by atoms with Crippen LogP contribution in [0.3, 0.4) is 0 Å². The fraction of sp³-hybridized carbons (Fsp3) is 0.0625. The SMILES string of the molecule is Nc1ccc(Cl)c(SCc2ccc3ncccc3c2)c1. The van der Waals surface area contributed by atoms with Crippen LogP contribution in [0.1, 0.15) is 5.56 Å². The number of thioether (sulfide) groups is 1. The molecule has 0 fully saturated rings. The fourth-order valence-electron chi connectivity index (χ4n) is 2.01. The Bertz CT molecular complexity index is 758. The number of pyridine rings is 1. The van der Waals surface area contributed by atoms with E-state index in [1.807, 2.05) is 36.5 Å². The molecule has 100 valence electrons. The van der Waals surface area contributed by atoms with Crippen LogP contribution < -0.4 is 5.73 Å². The van der Waals surface area contributed by atoms with Gasteiger partial charge in [0.1, 0.15) is 0 Å². The van der Waals surface area contributed by atoms with E-state index in [4.69, 9.17) is 17.3 Å². The van der Waals surface area contributed by atoms with E-state index in [0.717, 1.165) is 32.3 Å². The predicted octanol–water partition coefficient (Wildman–Crippen LogP) is 4.76. The van der Waals surface area contributed by atoms with Gasteiger partial charge in [0.2, 0.25) is 0 Å². The van der Waals surface area contributed by atoms with E-state index in [1.54, 1.807) is 11.8 Å². The van der Waals surface area contributed by atoms with Crippen LogP contribution in [0.15, 0.2) is 59.6 Å². The number of rotatable bonds is 3. The maximum absolute atomic E-state index is 6.17. The minimum atomic E-state index is 0.736. The summed E-state index contributed by atoms with van der Waals surface area (Å²) in [6, 6.07) is 15.9. The topological polar surface area (TPSA) is 38.9 Å². The molecule has 2 nitrogen and oxygen atoms in total. The maximum Gasteiger partial charge on any atom is 0.0702 e. The van der Waals surface area contributed by atoms with Gasteiger partial charge in [-0.15, -0.1) is 11.8 Å². The highest BCUT2D eigenvalue weighted by molar-refractivity contribution is 7.98. The third-order valence-electron chi connectivity index (χ3n) is 3.02. The monoisotopic (exact) mass is 300 g/mol. The van der Waals surface area contributed by atoms with Crippen LogP contribution in [-0.4, -0.2) is 4.98 Å².